The Morgan fingerprint density at radius 2 is 0.745 bits per heavy atom. The van der Waals surface area contributed by atoms with Gasteiger partial charge >= 0.3 is 0 Å². The Morgan fingerprint density at radius 3 is 1.06 bits per heavy atom. The van der Waals surface area contributed by atoms with Crippen LogP contribution in [-0.4, -0.2) is 26.4 Å². The topological polar surface area (TPSA) is 36.9 Å². The molecule has 250 valence electrons. The minimum absolute atomic E-state index is 0.200. The monoisotopic (exact) mass is 686 g/mol. The van der Waals surface area contributed by atoms with Crippen molar-refractivity contribution in [1.29, 1.82) is 0 Å². The molecule has 0 radical (unpaired) electrons. The van der Waals surface area contributed by atoms with Crippen LogP contribution in [0.3, 0.4) is 0 Å². The fraction of sp³-hybridized carbons (Fsp3) is 0.351. The molecule has 0 fully saturated rings. The molecule has 0 aliphatic rings. The number of hydrogen-bond acceptors (Lipinski definition) is 6. The van der Waals surface area contributed by atoms with Crippen molar-refractivity contribution >= 4 is 63.0 Å². The summed E-state index contributed by atoms with van der Waals surface area (Å²) in [4.78, 5) is 0. The second-order valence-electron chi connectivity index (χ2n) is 10.8. The Bertz CT molecular complexity index is 1990. The molecule has 47 heavy (non-hydrogen) atoms. The Kier molecular flexibility index (Phi) is 11.7. The lowest BCUT2D eigenvalue weighted by Crippen LogP contribution is -1.98. The zero-order chi connectivity index (χ0) is 33.5. The summed E-state index contributed by atoms with van der Waals surface area (Å²) in [6.45, 7) is 9.50. The average Bonchev–Trinajstić information content (AvgIpc) is 3.65. The summed E-state index contributed by atoms with van der Waals surface area (Å²) < 4.78 is 81.7. The number of ether oxygens (including phenoxy) is 4. The van der Waals surface area contributed by atoms with Gasteiger partial charge in [-0.05, 0) is 75.2 Å². The molecule has 0 bridgehead atoms. The summed E-state index contributed by atoms with van der Waals surface area (Å²) in [6, 6.07) is 13.6. The largest absolute Gasteiger partial charge is 0.491 e. The lowest BCUT2D eigenvalue weighted by Gasteiger charge is -2.07. The Labute approximate surface area is 279 Å². The summed E-state index contributed by atoms with van der Waals surface area (Å²) in [6.07, 6.45) is 4.89. The van der Waals surface area contributed by atoms with Crippen molar-refractivity contribution in [1.82, 2.24) is 0 Å². The van der Waals surface area contributed by atoms with E-state index in [-0.39, 0.29) is 23.0 Å². The Balaban J connectivity index is 0.000000185. The van der Waals surface area contributed by atoms with E-state index in [1.54, 1.807) is 62.4 Å². The quantitative estimate of drug-likeness (QED) is 0.0895. The summed E-state index contributed by atoms with van der Waals surface area (Å²) in [5, 5.41) is 2.81. The molecule has 4 aromatic carbocycles. The van der Waals surface area contributed by atoms with Crippen molar-refractivity contribution in [3.63, 3.8) is 0 Å². The van der Waals surface area contributed by atoms with Crippen LogP contribution in [0.5, 0.6) is 23.0 Å². The van der Waals surface area contributed by atoms with Crippen LogP contribution in [0.15, 0.2) is 48.5 Å². The van der Waals surface area contributed by atoms with Gasteiger partial charge in [0.25, 0.3) is 0 Å². The van der Waals surface area contributed by atoms with Crippen molar-refractivity contribution in [2.45, 2.75) is 59.8 Å². The smallest absolute Gasteiger partial charge is 0.182 e. The molecular formula is C37H38F4O4S2. The molecule has 0 saturated heterocycles. The number of halogens is 4. The first-order valence-electron chi connectivity index (χ1n) is 16.0. The summed E-state index contributed by atoms with van der Waals surface area (Å²) in [5.41, 5.74) is 0. The third kappa shape index (κ3) is 7.23. The highest BCUT2D eigenvalue weighted by atomic mass is 32.1. The SMILES string of the molecule is CCCCCOc1ccc2c(sc3c(F)c(OCC)ccc32)c1F.CCCCOc1ccc2c(sc3c(F)c(OCC)ccc32)c1F. The van der Waals surface area contributed by atoms with Crippen molar-refractivity contribution in [2.24, 2.45) is 0 Å². The maximum Gasteiger partial charge on any atom is 0.182 e. The van der Waals surface area contributed by atoms with Crippen molar-refractivity contribution in [3.8, 4) is 23.0 Å². The Hall–Kier alpha value is -3.76. The molecule has 4 nitrogen and oxygen atoms in total. The maximum absolute atomic E-state index is 14.7. The third-order valence-electron chi connectivity index (χ3n) is 7.60. The van der Waals surface area contributed by atoms with Gasteiger partial charge in [0.1, 0.15) is 0 Å². The second kappa shape index (κ2) is 15.9. The van der Waals surface area contributed by atoms with Crippen molar-refractivity contribution < 1.29 is 36.5 Å². The van der Waals surface area contributed by atoms with Gasteiger partial charge in [-0.3, -0.25) is 0 Å². The van der Waals surface area contributed by atoms with E-state index in [0.717, 1.165) is 54.8 Å². The number of benzene rings is 4. The minimum atomic E-state index is -0.432. The van der Waals surface area contributed by atoms with Crippen molar-refractivity contribution in [2.75, 3.05) is 26.4 Å². The van der Waals surface area contributed by atoms with Crippen molar-refractivity contribution in [3.05, 3.63) is 71.8 Å². The van der Waals surface area contributed by atoms with Crippen LogP contribution >= 0.6 is 22.7 Å². The summed E-state index contributed by atoms with van der Waals surface area (Å²) in [5.74, 6) is -0.837. The van der Waals surface area contributed by atoms with E-state index in [1.165, 1.54) is 0 Å². The van der Waals surface area contributed by atoms with Crippen LogP contribution in [0.1, 0.15) is 59.8 Å². The predicted octanol–water partition coefficient (Wildman–Crippen LogP) is 12.2. The number of rotatable bonds is 13. The van der Waals surface area contributed by atoms with Gasteiger partial charge in [-0.15, -0.1) is 22.7 Å². The van der Waals surface area contributed by atoms with E-state index >= 15 is 0 Å². The van der Waals surface area contributed by atoms with Gasteiger partial charge in [0.05, 0.1) is 45.2 Å². The molecule has 0 aliphatic carbocycles. The van der Waals surface area contributed by atoms with E-state index < -0.39 is 23.3 Å². The summed E-state index contributed by atoms with van der Waals surface area (Å²) in [7, 11) is 0. The van der Waals surface area contributed by atoms with E-state index in [0.29, 0.717) is 66.8 Å². The number of unbranched alkanes of at least 4 members (excludes halogenated alkanes) is 3. The third-order valence-corrected chi connectivity index (χ3v) is 10.0. The molecule has 0 saturated carbocycles. The van der Waals surface area contributed by atoms with Gasteiger partial charge in [0, 0.05) is 21.5 Å². The van der Waals surface area contributed by atoms with Gasteiger partial charge in [0.15, 0.2) is 46.3 Å². The van der Waals surface area contributed by atoms with Crippen LogP contribution < -0.4 is 18.9 Å². The van der Waals surface area contributed by atoms with Crippen LogP contribution in [-0.2, 0) is 0 Å². The molecular weight excluding hydrogens is 649 g/mol. The lowest BCUT2D eigenvalue weighted by atomic mass is 10.1. The summed E-state index contributed by atoms with van der Waals surface area (Å²) >= 11 is 2.20. The molecule has 6 rings (SSSR count). The standard InChI is InChI=1S/C19H20F2O2S.C18H18F2O2S/c1-3-5-6-11-23-15-10-8-13-12-7-9-14(22-4-2)16(20)18(12)24-19(13)17(15)21;1-3-5-10-22-14-9-7-12-11-6-8-13(21-4-2)15(19)17(11)23-18(12)16(14)20/h7-10H,3-6,11H2,1-2H3;6-9H,3-5,10H2,1-2H3. The van der Waals surface area contributed by atoms with E-state index in [2.05, 4.69) is 6.92 Å². The van der Waals surface area contributed by atoms with Gasteiger partial charge < -0.3 is 18.9 Å². The van der Waals surface area contributed by atoms with E-state index in [1.807, 2.05) is 6.92 Å². The first kappa shape index (κ1) is 34.6. The maximum atomic E-state index is 14.7. The van der Waals surface area contributed by atoms with Crippen LogP contribution in [0.2, 0.25) is 0 Å². The first-order valence-corrected chi connectivity index (χ1v) is 17.6. The molecule has 0 unspecified atom stereocenters. The Morgan fingerprint density at radius 1 is 0.426 bits per heavy atom. The lowest BCUT2D eigenvalue weighted by molar-refractivity contribution is 0.293. The molecule has 2 heterocycles. The van der Waals surface area contributed by atoms with Crippen LogP contribution in [0.4, 0.5) is 17.6 Å². The molecule has 0 aliphatic heterocycles. The highest BCUT2D eigenvalue weighted by molar-refractivity contribution is 7.26. The molecule has 0 amide bonds. The minimum Gasteiger partial charge on any atom is -0.491 e. The zero-order valence-corrected chi connectivity index (χ0v) is 28.6. The second-order valence-corrected chi connectivity index (χ2v) is 12.9. The predicted molar refractivity (Wildman–Crippen MR) is 186 cm³/mol. The van der Waals surface area contributed by atoms with Gasteiger partial charge in [-0.2, -0.15) is 0 Å². The molecule has 0 spiro atoms. The number of hydrogen-bond donors (Lipinski definition) is 0. The normalized spacial score (nSPS) is 11.3. The molecule has 6 aromatic rings. The van der Waals surface area contributed by atoms with Gasteiger partial charge in [-0.25, -0.2) is 17.6 Å². The van der Waals surface area contributed by atoms with Gasteiger partial charge in [0.2, 0.25) is 0 Å². The highest BCUT2D eigenvalue weighted by Gasteiger charge is 2.19. The first-order chi connectivity index (χ1) is 22.8. The fourth-order valence-electron chi connectivity index (χ4n) is 5.22. The molecule has 10 heteroatoms. The van der Waals surface area contributed by atoms with Crippen LogP contribution in [0.25, 0.3) is 40.3 Å². The highest BCUT2D eigenvalue weighted by Crippen LogP contribution is 2.43. The van der Waals surface area contributed by atoms with Gasteiger partial charge in [-0.1, -0.05) is 33.1 Å². The molecule has 0 atom stereocenters. The van der Waals surface area contributed by atoms with E-state index in [4.69, 9.17) is 18.9 Å². The zero-order valence-electron chi connectivity index (χ0n) is 26.9. The van der Waals surface area contributed by atoms with E-state index in [9.17, 15) is 17.6 Å². The average molecular weight is 687 g/mol. The number of thiophene rings is 2. The molecule has 0 N–H and O–H groups in total. The number of fused-ring (bicyclic) bond motifs is 6. The fourth-order valence-corrected chi connectivity index (χ4v) is 7.54. The van der Waals surface area contributed by atoms with Crippen LogP contribution in [0, 0.1) is 23.3 Å². The molecule has 2 aromatic heterocycles.